The van der Waals surface area contributed by atoms with Crippen LogP contribution in [0.3, 0.4) is 0 Å². The summed E-state index contributed by atoms with van der Waals surface area (Å²) in [6, 6.07) is 15.9. The van der Waals surface area contributed by atoms with Gasteiger partial charge in [0.1, 0.15) is 0 Å². The minimum absolute atomic E-state index is 0.118. The van der Waals surface area contributed by atoms with E-state index in [9.17, 15) is 9.59 Å². The third kappa shape index (κ3) is 4.84. The molecule has 1 saturated carbocycles. The van der Waals surface area contributed by atoms with E-state index in [1.165, 1.54) is 23.7 Å². The number of nitrogens with one attached hydrogen (secondary N) is 2. The summed E-state index contributed by atoms with van der Waals surface area (Å²) in [6.45, 7) is 2.05. The molecule has 1 aromatic heterocycles. The van der Waals surface area contributed by atoms with Crippen LogP contribution in [0.25, 0.3) is 16.7 Å². The molecule has 156 valence electrons. The SMILES string of the molecule is Cc1ccc(-n2c(SCC(=O)NC(=O)NC3CCCCC3)nc3ccccc32)cc1. The monoisotopic (exact) mass is 422 g/mol. The van der Waals surface area contributed by atoms with E-state index in [1.54, 1.807) is 0 Å². The van der Waals surface area contributed by atoms with E-state index in [4.69, 9.17) is 4.98 Å². The molecule has 7 heteroatoms. The maximum absolute atomic E-state index is 12.3. The standard InChI is InChI=1S/C23H26N4O2S/c1-16-11-13-18(14-12-16)27-20-10-6-5-9-19(20)25-23(27)30-15-21(28)26-22(29)24-17-7-3-2-4-8-17/h5-6,9-14,17H,2-4,7-8,15H2,1H3,(H2,24,26,28,29). The summed E-state index contributed by atoms with van der Waals surface area (Å²) in [5.41, 5.74) is 4.03. The fourth-order valence-corrected chi connectivity index (χ4v) is 4.63. The smallest absolute Gasteiger partial charge is 0.321 e. The zero-order valence-corrected chi connectivity index (χ0v) is 17.9. The van der Waals surface area contributed by atoms with Crippen molar-refractivity contribution in [2.75, 3.05) is 5.75 Å². The van der Waals surface area contributed by atoms with Gasteiger partial charge >= 0.3 is 6.03 Å². The van der Waals surface area contributed by atoms with Crippen LogP contribution in [0.4, 0.5) is 4.79 Å². The Kier molecular flexibility index (Phi) is 6.38. The number of benzene rings is 2. The summed E-state index contributed by atoms with van der Waals surface area (Å²) >= 11 is 1.33. The number of imidazole rings is 1. The highest BCUT2D eigenvalue weighted by Gasteiger charge is 2.18. The van der Waals surface area contributed by atoms with Gasteiger partial charge in [0, 0.05) is 11.7 Å². The molecule has 0 bridgehead atoms. The number of urea groups is 1. The predicted molar refractivity (Wildman–Crippen MR) is 120 cm³/mol. The summed E-state index contributed by atoms with van der Waals surface area (Å²) in [5, 5.41) is 6.09. The molecule has 0 unspecified atom stereocenters. The van der Waals surface area contributed by atoms with Crippen molar-refractivity contribution in [3.8, 4) is 5.69 Å². The first kappa shape index (κ1) is 20.5. The van der Waals surface area contributed by atoms with Gasteiger partial charge in [-0.25, -0.2) is 9.78 Å². The van der Waals surface area contributed by atoms with Crippen molar-refractivity contribution in [2.24, 2.45) is 0 Å². The van der Waals surface area contributed by atoms with Crippen molar-refractivity contribution in [2.45, 2.75) is 50.2 Å². The maximum Gasteiger partial charge on any atom is 0.321 e. The summed E-state index contributed by atoms with van der Waals surface area (Å²) in [6.07, 6.45) is 5.44. The largest absolute Gasteiger partial charge is 0.335 e. The van der Waals surface area contributed by atoms with Crippen LogP contribution in [0.5, 0.6) is 0 Å². The number of carbonyl (C=O) groups excluding carboxylic acids is 2. The minimum Gasteiger partial charge on any atom is -0.335 e. The van der Waals surface area contributed by atoms with Crippen LogP contribution in [0.2, 0.25) is 0 Å². The van der Waals surface area contributed by atoms with Crippen molar-refractivity contribution in [3.05, 3.63) is 54.1 Å². The van der Waals surface area contributed by atoms with Crippen molar-refractivity contribution < 1.29 is 9.59 Å². The fourth-order valence-electron chi connectivity index (χ4n) is 3.81. The molecule has 1 aliphatic carbocycles. The molecule has 1 aliphatic rings. The van der Waals surface area contributed by atoms with Gasteiger partial charge in [0.05, 0.1) is 16.8 Å². The van der Waals surface area contributed by atoms with Gasteiger partial charge in [0.25, 0.3) is 0 Å². The summed E-state index contributed by atoms with van der Waals surface area (Å²) in [5.74, 6) is -0.205. The number of carbonyl (C=O) groups is 2. The molecule has 4 rings (SSSR count). The highest BCUT2D eigenvalue weighted by molar-refractivity contribution is 7.99. The van der Waals surface area contributed by atoms with Crippen LogP contribution in [0, 0.1) is 6.92 Å². The van der Waals surface area contributed by atoms with Gasteiger partial charge in [0.2, 0.25) is 5.91 Å². The highest BCUT2D eigenvalue weighted by atomic mass is 32.2. The Balaban J connectivity index is 1.44. The Morgan fingerprint density at radius 1 is 1.07 bits per heavy atom. The van der Waals surface area contributed by atoms with Crippen LogP contribution < -0.4 is 10.6 Å². The average molecular weight is 423 g/mol. The molecule has 1 heterocycles. The third-order valence-electron chi connectivity index (χ3n) is 5.35. The Bertz CT molecular complexity index is 1040. The number of hydrogen-bond acceptors (Lipinski definition) is 4. The Hall–Kier alpha value is -2.80. The number of hydrogen-bond donors (Lipinski definition) is 2. The second-order valence-electron chi connectivity index (χ2n) is 7.70. The summed E-state index contributed by atoms with van der Waals surface area (Å²) in [7, 11) is 0. The molecule has 30 heavy (non-hydrogen) atoms. The van der Waals surface area contributed by atoms with E-state index in [0.29, 0.717) is 0 Å². The lowest BCUT2D eigenvalue weighted by Gasteiger charge is -2.22. The van der Waals surface area contributed by atoms with Gasteiger partial charge in [-0.1, -0.05) is 60.9 Å². The highest BCUT2D eigenvalue weighted by Crippen LogP contribution is 2.28. The molecule has 1 fully saturated rings. The zero-order valence-electron chi connectivity index (χ0n) is 17.1. The van der Waals surface area contributed by atoms with Gasteiger partial charge < -0.3 is 5.32 Å². The Morgan fingerprint density at radius 2 is 1.80 bits per heavy atom. The van der Waals surface area contributed by atoms with Crippen LogP contribution in [0.1, 0.15) is 37.7 Å². The number of aryl methyl sites for hydroxylation is 1. The fraction of sp³-hybridized carbons (Fsp3) is 0.348. The van der Waals surface area contributed by atoms with E-state index < -0.39 is 6.03 Å². The molecule has 0 radical (unpaired) electrons. The van der Waals surface area contributed by atoms with Crippen LogP contribution >= 0.6 is 11.8 Å². The van der Waals surface area contributed by atoms with E-state index >= 15 is 0 Å². The molecule has 0 saturated heterocycles. The maximum atomic E-state index is 12.3. The number of amides is 3. The van der Waals surface area contributed by atoms with E-state index in [2.05, 4.69) is 27.3 Å². The zero-order chi connectivity index (χ0) is 20.9. The number of nitrogens with zero attached hydrogens (tertiary/aromatic N) is 2. The van der Waals surface area contributed by atoms with E-state index in [0.717, 1.165) is 47.6 Å². The quantitative estimate of drug-likeness (QED) is 0.590. The van der Waals surface area contributed by atoms with E-state index in [1.807, 2.05) is 43.3 Å². The number of para-hydroxylation sites is 2. The van der Waals surface area contributed by atoms with Crippen molar-refractivity contribution in [3.63, 3.8) is 0 Å². The van der Waals surface area contributed by atoms with Crippen molar-refractivity contribution in [1.29, 1.82) is 0 Å². The van der Waals surface area contributed by atoms with Gasteiger partial charge in [0.15, 0.2) is 5.16 Å². The van der Waals surface area contributed by atoms with Gasteiger partial charge in [-0.2, -0.15) is 0 Å². The summed E-state index contributed by atoms with van der Waals surface area (Å²) in [4.78, 5) is 29.2. The molecule has 3 aromatic rings. The normalized spacial score (nSPS) is 14.6. The summed E-state index contributed by atoms with van der Waals surface area (Å²) < 4.78 is 2.05. The first-order valence-corrected chi connectivity index (χ1v) is 11.4. The minimum atomic E-state index is -0.403. The number of fused-ring (bicyclic) bond motifs is 1. The van der Waals surface area contributed by atoms with Crippen LogP contribution in [-0.2, 0) is 4.79 Å². The number of aromatic nitrogens is 2. The average Bonchev–Trinajstić information content (AvgIpc) is 3.12. The van der Waals surface area contributed by atoms with Gasteiger partial charge in [-0.3, -0.25) is 14.7 Å². The third-order valence-corrected chi connectivity index (χ3v) is 6.29. The molecule has 2 aromatic carbocycles. The van der Waals surface area contributed by atoms with Gasteiger partial charge in [-0.15, -0.1) is 0 Å². The molecule has 2 N–H and O–H groups in total. The molecule has 0 aliphatic heterocycles. The van der Waals surface area contributed by atoms with Crippen molar-refractivity contribution >= 4 is 34.7 Å². The van der Waals surface area contributed by atoms with E-state index in [-0.39, 0.29) is 17.7 Å². The van der Waals surface area contributed by atoms with Crippen LogP contribution in [-0.4, -0.2) is 33.3 Å². The Labute approximate surface area is 180 Å². The topological polar surface area (TPSA) is 76.0 Å². The number of thioether (sulfide) groups is 1. The first-order chi connectivity index (χ1) is 14.6. The molecular weight excluding hydrogens is 396 g/mol. The number of imide groups is 1. The second kappa shape index (κ2) is 9.34. The lowest BCUT2D eigenvalue weighted by molar-refractivity contribution is -0.117. The molecule has 3 amide bonds. The molecule has 0 atom stereocenters. The first-order valence-electron chi connectivity index (χ1n) is 10.4. The van der Waals surface area contributed by atoms with Crippen molar-refractivity contribution in [1.82, 2.24) is 20.2 Å². The number of rotatable bonds is 5. The molecular formula is C23H26N4O2S. The molecule has 6 nitrogen and oxygen atoms in total. The predicted octanol–water partition coefficient (Wildman–Crippen LogP) is 4.58. The van der Waals surface area contributed by atoms with Crippen LogP contribution in [0.15, 0.2) is 53.7 Å². The van der Waals surface area contributed by atoms with Gasteiger partial charge in [-0.05, 0) is 44.0 Å². The Morgan fingerprint density at radius 3 is 2.57 bits per heavy atom. The second-order valence-corrected chi connectivity index (χ2v) is 8.64. The lowest BCUT2D eigenvalue weighted by atomic mass is 9.96. The molecule has 0 spiro atoms. The lowest BCUT2D eigenvalue weighted by Crippen LogP contribution is -2.45.